The molecule has 0 radical (unpaired) electrons. The maximum Gasteiger partial charge on any atom is 0.160 e. The quantitative estimate of drug-likeness (QED) is 0.866. The van der Waals surface area contributed by atoms with E-state index in [2.05, 4.69) is 30.9 Å². The van der Waals surface area contributed by atoms with Crippen LogP contribution in [-0.4, -0.2) is 55.2 Å². The van der Waals surface area contributed by atoms with Gasteiger partial charge in [-0.1, -0.05) is 6.07 Å². The van der Waals surface area contributed by atoms with E-state index in [4.69, 9.17) is 4.74 Å². The van der Waals surface area contributed by atoms with Gasteiger partial charge in [0.15, 0.2) is 11.5 Å². The van der Waals surface area contributed by atoms with Crippen LogP contribution in [0.2, 0.25) is 0 Å². The van der Waals surface area contributed by atoms with Crippen molar-refractivity contribution in [2.45, 2.75) is 31.3 Å². The zero-order chi connectivity index (χ0) is 14.8. The molecule has 4 heteroatoms. The summed E-state index contributed by atoms with van der Waals surface area (Å²) in [6, 6.07) is 5.57. The van der Waals surface area contributed by atoms with E-state index in [9.17, 15) is 5.11 Å². The molecule has 1 saturated carbocycles. The number of phenolic OH excluding ortho intramolecular Hbond substituents is 1. The van der Waals surface area contributed by atoms with E-state index in [-0.39, 0.29) is 5.75 Å². The van der Waals surface area contributed by atoms with Crippen LogP contribution in [0, 0.1) is 0 Å². The summed E-state index contributed by atoms with van der Waals surface area (Å²) in [5.74, 6) is 0.740. The lowest BCUT2D eigenvalue weighted by Gasteiger charge is -2.49. The highest BCUT2D eigenvalue weighted by atomic mass is 16.5. The fourth-order valence-electron chi connectivity index (χ4n) is 3.02. The third-order valence-corrected chi connectivity index (χ3v) is 4.49. The number of benzene rings is 1. The Bertz CT molecular complexity index is 456. The van der Waals surface area contributed by atoms with Gasteiger partial charge in [-0.05, 0) is 58.1 Å². The summed E-state index contributed by atoms with van der Waals surface area (Å²) in [6.07, 6.45) is 3.89. The highest BCUT2D eigenvalue weighted by Crippen LogP contribution is 2.37. The average Bonchev–Trinajstić information content (AvgIpc) is 2.35. The van der Waals surface area contributed by atoms with Crippen LogP contribution in [0.3, 0.4) is 0 Å². The van der Waals surface area contributed by atoms with Crippen LogP contribution in [0.4, 0.5) is 0 Å². The van der Waals surface area contributed by atoms with Gasteiger partial charge in [0.1, 0.15) is 0 Å². The molecule has 0 amide bonds. The Morgan fingerprint density at radius 3 is 2.45 bits per heavy atom. The maximum absolute atomic E-state index is 9.63. The van der Waals surface area contributed by atoms with Crippen molar-refractivity contribution in [3.63, 3.8) is 0 Å². The fraction of sp³-hybridized carbons (Fsp3) is 0.625. The van der Waals surface area contributed by atoms with E-state index in [1.807, 2.05) is 12.1 Å². The monoisotopic (exact) mass is 278 g/mol. The second kappa shape index (κ2) is 6.02. The molecule has 0 unspecified atom stereocenters. The topological polar surface area (TPSA) is 35.9 Å². The van der Waals surface area contributed by atoms with Crippen LogP contribution in [0.1, 0.15) is 24.8 Å². The summed E-state index contributed by atoms with van der Waals surface area (Å²) in [4.78, 5) is 4.72. The second-order valence-electron chi connectivity index (χ2n) is 6.15. The number of methoxy groups -OCH3 is 1. The van der Waals surface area contributed by atoms with Crippen LogP contribution in [0.15, 0.2) is 18.2 Å². The summed E-state index contributed by atoms with van der Waals surface area (Å²) in [5.41, 5.74) is 1.51. The largest absolute Gasteiger partial charge is 0.504 e. The fourth-order valence-corrected chi connectivity index (χ4v) is 3.02. The minimum absolute atomic E-state index is 0.197. The number of ether oxygens (including phenoxy) is 1. The standard InChI is InChI=1S/C16H26N2O2/c1-17(2)16(8-5-9-16)12-18(3)11-13-6-7-14(19)15(10-13)20-4/h6-7,10,19H,5,8-9,11-12H2,1-4H3. The summed E-state index contributed by atoms with van der Waals surface area (Å²) in [5, 5.41) is 9.63. The highest BCUT2D eigenvalue weighted by molar-refractivity contribution is 5.41. The van der Waals surface area contributed by atoms with E-state index in [0.717, 1.165) is 18.7 Å². The molecule has 2 rings (SSSR count). The van der Waals surface area contributed by atoms with Crippen molar-refractivity contribution >= 4 is 0 Å². The molecular weight excluding hydrogens is 252 g/mol. The van der Waals surface area contributed by atoms with Gasteiger partial charge in [-0.3, -0.25) is 0 Å². The smallest absolute Gasteiger partial charge is 0.160 e. The molecule has 1 aliphatic rings. The SMILES string of the molecule is COc1cc(CN(C)CC2(N(C)C)CCC2)ccc1O. The molecule has 0 spiro atoms. The Hall–Kier alpha value is -1.26. The number of phenols is 1. The van der Waals surface area contributed by atoms with E-state index >= 15 is 0 Å². The molecule has 0 bridgehead atoms. The minimum atomic E-state index is 0.197. The Labute approximate surface area is 122 Å². The Morgan fingerprint density at radius 1 is 1.25 bits per heavy atom. The van der Waals surface area contributed by atoms with Crippen LogP contribution in [-0.2, 0) is 6.54 Å². The van der Waals surface area contributed by atoms with Crippen molar-refractivity contribution in [1.29, 1.82) is 0 Å². The predicted octanol–water partition coefficient (Wildman–Crippen LogP) is 2.32. The minimum Gasteiger partial charge on any atom is -0.504 e. The molecule has 1 aliphatic carbocycles. The zero-order valence-corrected chi connectivity index (χ0v) is 13.0. The molecule has 1 fully saturated rings. The predicted molar refractivity (Wildman–Crippen MR) is 81.3 cm³/mol. The van der Waals surface area contributed by atoms with Crippen molar-refractivity contribution in [1.82, 2.24) is 9.80 Å². The first-order valence-electron chi connectivity index (χ1n) is 7.19. The second-order valence-corrected chi connectivity index (χ2v) is 6.15. The van der Waals surface area contributed by atoms with E-state index in [0.29, 0.717) is 11.3 Å². The van der Waals surface area contributed by atoms with Crippen LogP contribution < -0.4 is 4.74 Å². The van der Waals surface area contributed by atoms with Gasteiger partial charge in [0.05, 0.1) is 7.11 Å². The lowest BCUT2D eigenvalue weighted by atomic mass is 9.75. The molecule has 4 nitrogen and oxygen atoms in total. The van der Waals surface area contributed by atoms with E-state index < -0.39 is 0 Å². The van der Waals surface area contributed by atoms with Crippen LogP contribution in [0.25, 0.3) is 0 Å². The van der Waals surface area contributed by atoms with Gasteiger partial charge in [0.2, 0.25) is 0 Å². The van der Waals surface area contributed by atoms with Crippen molar-refractivity contribution in [2.24, 2.45) is 0 Å². The third kappa shape index (κ3) is 3.07. The Balaban J connectivity index is 1.99. The number of nitrogens with zero attached hydrogens (tertiary/aromatic N) is 2. The lowest BCUT2D eigenvalue weighted by molar-refractivity contribution is 0.0259. The first kappa shape index (κ1) is 15.1. The summed E-state index contributed by atoms with van der Waals surface area (Å²) in [6.45, 7) is 1.94. The van der Waals surface area contributed by atoms with E-state index in [1.165, 1.54) is 19.3 Å². The molecular formula is C16H26N2O2. The highest BCUT2D eigenvalue weighted by Gasteiger charge is 2.39. The molecule has 112 valence electrons. The maximum atomic E-state index is 9.63. The molecule has 1 N–H and O–H groups in total. The molecule has 0 aliphatic heterocycles. The number of likely N-dealkylation sites (N-methyl/N-ethyl adjacent to an activating group) is 2. The van der Waals surface area contributed by atoms with Gasteiger partial charge < -0.3 is 19.6 Å². The third-order valence-electron chi connectivity index (χ3n) is 4.49. The summed E-state index contributed by atoms with van der Waals surface area (Å²) >= 11 is 0. The molecule has 0 heterocycles. The summed E-state index contributed by atoms with van der Waals surface area (Å²) in [7, 11) is 8.09. The molecule has 0 aromatic heterocycles. The number of hydrogen-bond acceptors (Lipinski definition) is 4. The van der Waals surface area contributed by atoms with Crippen molar-refractivity contribution < 1.29 is 9.84 Å². The van der Waals surface area contributed by atoms with Gasteiger partial charge in [0, 0.05) is 18.6 Å². The molecule has 1 aromatic carbocycles. The average molecular weight is 278 g/mol. The first-order chi connectivity index (χ1) is 9.47. The Morgan fingerprint density at radius 2 is 1.95 bits per heavy atom. The van der Waals surface area contributed by atoms with Crippen molar-refractivity contribution in [3.05, 3.63) is 23.8 Å². The van der Waals surface area contributed by atoms with Crippen LogP contribution >= 0.6 is 0 Å². The molecule has 20 heavy (non-hydrogen) atoms. The van der Waals surface area contributed by atoms with E-state index in [1.54, 1.807) is 13.2 Å². The summed E-state index contributed by atoms with van der Waals surface area (Å²) < 4.78 is 5.16. The van der Waals surface area contributed by atoms with Gasteiger partial charge in [-0.25, -0.2) is 0 Å². The van der Waals surface area contributed by atoms with Gasteiger partial charge in [-0.2, -0.15) is 0 Å². The number of hydrogen-bond donors (Lipinski definition) is 1. The lowest BCUT2D eigenvalue weighted by Crippen LogP contribution is -2.56. The van der Waals surface area contributed by atoms with Crippen molar-refractivity contribution in [2.75, 3.05) is 34.8 Å². The molecule has 0 saturated heterocycles. The Kier molecular flexibility index (Phi) is 4.55. The van der Waals surface area contributed by atoms with Gasteiger partial charge in [-0.15, -0.1) is 0 Å². The number of aromatic hydroxyl groups is 1. The molecule has 1 aromatic rings. The van der Waals surface area contributed by atoms with Crippen molar-refractivity contribution in [3.8, 4) is 11.5 Å². The van der Waals surface area contributed by atoms with Crippen LogP contribution in [0.5, 0.6) is 11.5 Å². The van der Waals surface area contributed by atoms with Gasteiger partial charge >= 0.3 is 0 Å². The normalized spacial score (nSPS) is 17.3. The first-order valence-corrected chi connectivity index (χ1v) is 7.19. The molecule has 0 atom stereocenters. The van der Waals surface area contributed by atoms with Gasteiger partial charge in [0.25, 0.3) is 0 Å². The zero-order valence-electron chi connectivity index (χ0n) is 13.0. The number of rotatable bonds is 6.